The van der Waals surface area contributed by atoms with Crippen molar-refractivity contribution in [2.24, 2.45) is 23.2 Å². The van der Waals surface area contributed by atoms with Gasteiger partial charge in [-0.1, -0.05) is 34.1 Å². The molecule has 7 nitrogen and oxygen atoms in total. The van der Waals surface area contributed by atoms with Gasteiger partial charge >= 0.3 is 12.1 Å². The maximum atomic E-state index is 13.3. The first-order valence-corrected chi connectivity index (χ1v) is 9.73. The van der Waals surface area contributed by atoms with Crippen molar-refractivity contribution in [1.29, 1.82) is 0 Å². The van der Waals surface area contributed by atoms with Crippen LogP contribution in [0.25, 0.3) is 0 Å². The highest BCUT2D eigenvalue weighted by Gasteiger charge is 2.70. The summed E-state index contributed by atoms with van der Waals surface area (Å²) in [4.78, 5) is 39.6. The number of piperidine rings is 1. The Morgan fingerprint density at radius 1 is 1.26 bits per heavy atom. The van der Waals surface area contributed by atoms with Gasteiger partial charge in [0.25, 0.3) is 0 Å². The molecule has 7 heteroatoms. The molecule has 1 aliphatic heterocycles. The average Bonchev–Trinajstić information content (AvgIpc) is 2.93. The van der Waals surface area contributed by atoms with E-state index in [0.29, 0.717) is 13.0 Å². The van der Waals surface area contributed by atoms with Gasteiger partial charge in [0.2, 0.25) is 5.91 Å². The topological polar surface area (TPSA) is 84.9 Å². The molecule has 2 fully saturated rings. The van der Waals surface area contributed by atoms with E-state index < -0.39 is 23.8 Å². The maximum absolute atomic E-state index is 13.3. The lowest BCUT2D eigenvalue weighted by Crippen LogP contribution is -2.56. The molecule has 0 aromatic heterocycles. The molecule has 2 aliphatic rings. The molecule has 154 valence electrons. The van der Waals surface area contributed by atoms with E-state index in [0.717, 1.165) is 0 Å². The SMILES string of the molecule is CC[C@@H](C)[C@H](NC(=O)OC(C)(C)C)C(=O)N1C[C@H]2[C@@H]([C@H]1C(=O)OC)C2(C)C. The lowest BCUT2D eigenvalue weighted by atomic mass is 9.95. The summed E-state index contributed by atoms with van der Waals surface area (Å²) in [6.07, 6.45) is 0.0850. The third kappa shape index (κ3) is 4.22. The number of hydrogen-bond acceptors (Lipinski definition) is 5. The summed E-state index contributed by atoms with van der Waals surface area (Å²) in [5.41, 5.74) is -0.624. The third-order valence-electron chi connectivity index (χ3n) is 6.09. The molecule has 0 aromatic rings. The van der Waals surface area contributed by atoms with Crippen LogP contribution in [0.3, 0.4) is 0 Å². The number of amides is 2. The second-order valence-electron chi connectivity index (χ2n) is 9.42. The molecule has 0 bridgehead atoms. The molecule has 0 aromatic carbocycles. The van der Waals surface area contributed by atoms with E-state index in [2.05, 4.69) is 19.2 Å². The Hall–Kier alpha value is -1.79. The number of carbonyl (C=O) groups excluding carboxylic acids is 3. The van der Waals surface area contributed by atoms with E-state index in [9.17, 15) is 14.4 Å². The van der Waals surface area contributed by atoms with Crippen LogP contribution in [0.4, 0.5) is 4.79 Å². The summed E-state index contributed by atoms with van der Waals surface area (Å²) < 4.78 is 10.3. The van der Waals surface area contributed by atoms with Crippen molar-refractivity contribution in [3.05, 3.63) is 0 Å². The van der Waals surface area contributed by atoms with Crippen molar-refractivity contribution in [1.82, 2.24) is 10.2 Å². The predicted octanol–water partition coefficient (Wildman–Crippen LogP) is 2.58. The Labute approximate surface area is 162 Å². The van der Waals surface area contributed by atoms with Gasteiger partial charge in [-0.2, -0.15) is 0 Å². The molecule has 0 unspecified atom stereocenters. The number of alkyl carbamates (subject to hydrolysis) is 1. The van der Waals surface area contributed by atoms with Crippen LogP contribution in [-0.2, 0) is 19.1 Å². The number of likely N-dealkylation sites (tertiary alicyclic amines) is 1. The monoisotopic (exact) mass is 382 g/mol. The van der Waals surface area contributed by atoms with Crippen molar-refractivity contribution in [2.75, 3.05) is 13.7 Å². The van der Waals surface area contributed by atoms with E-state index in [1.807, 2.05) is 13.8 Å². The molecule has 1 heterocycles. The fourth-order valence-electron chi connectivity index (χ4n) is 4.20. The first kappa shape index (κ1) is 21.5. The van der Waals surface area contributed by atoms with Crippen LogP contribution < -0.4 is 5.32 Å². The van der Waals surface area contributed by atoms with E-state index in [-0.39, 0.29) is 35.0 Å². The highest BCUT2D eigenvalue weighted by Crippen LogP contribution is 2.65. The van der Waals surface area contributed by atoms with Crippen LogP contribution in [0.1, 0.15) is 54.9 Å². The third-order valence-corrected chi connectivity index (χ3v) is 6.09. The largest absolute Gasteiger partial charge is 0.467 e. The van der Waals surface area contributed by atoms with Crippen LogP contribution in [0.15, 0.2) is 0 Å². The van der Waals surface area contributed by atoms with Crippen molar-refractivity contribution < 1.29 is 23.9 Å². The fourth-order valence-corrected chi connectivity index (χ4v) is 4.20. The van der Waals surface area contributed by atoms with Crippen LogP contribution in [0.5, 0.6) is 0 Å². The summed E-state index contributed by atoms with van der Waals surface area (Å²) in [5.74, 6) is -0.332. The smallest absolute Gasteiger partial charge is 0.408 e. The maximum Gasteiger partial charge on any atom is 0.408 e. The molecule has 1 saturated carbocycles. The van der Waals surface area contributed by atoms with Crippen LogP contribution in [-0.4, -0.2) is 54.2 Å². The minimum absolute atomic E-state index is 0.0279. The van der Waals surface area contributed by atoms with Gasteiger partial charge in [0.15, 0.2) is 0 Å². The highest BCUT2D eigenvalue weighted by molar-refractivity contribution is 5.91. The summed E-state index contributed by atoms with van der Waals surface area (Å²) in [6, 6.07) is -1.33. The number of ether oxygens (including phenoxy) is 2. The molecule has 1 N–H and O–H groups in total. The highest BCUT2D eigenvalue weighted by atomic mass is 16.6. The Balaban J connectivity index is 2.19. The standard InChI is InChI=1S/C20H34N2O5/c1-9-11(2)14(21-18(25)27-19(3,4)5)16(23)22-10-12-13(20(12,6)7)15(22)17(24)26-8/h11-15H,9-10H2,1-8H3,(H,21,25)/t11-,12+,13+,14+,15+/m1/s1. The molecule has 2 rings (SSSR count). The van der Waals surface area contributed by atoms with E-state index in [1.165, 1.54) is 7.11 Å². The normalized spacial score (nSPS) is 28.0. The van der Waals surface area contributed by atoms with Gasteiger partial charge in [-0.15, -0.1) is 0 Å². The Morgan fingerprint density at radius 3 is 2.33 bits per heavy atom. The minimum Gasteiger partial charge on any atom is -0.467 e. The zero-order chi connectivity index (χ0) is 20.7. The van der Waals surface area contributed by atoms with Gasteiger partial charge in [-0.05, 0) is 38.0 Å². The molecule has 1 aliphatic carbocycles. The Bertz CT molecular complexity index is 610. The number of esters is 1. The van der Waals surface area contributed by atoms with Gasteiger partial charge in [0.1, 0.15) is 17.7 Å². The van der Waals surface area contributed by atoms with Gasteiger partial charge in [-0.25, -0.2) is 9.59 Å². The van der Waals surface area contributed by atoms with E-state index in [1.54, 1.807) is 25.7 Å². The molecule has 27 heavy (non-hydrogen) atoms. The summed E-state index contributed by atoms with van der Waals surface area (Å²) in [6.45, 7) is 13.9. The second kappa shape index (κ2) is 7.32. The minimum atomic E-state index is -0.738. The molecule has 5 atom stereocenters. The molecular formula is C20H34N2O5. The lowest BCUT2D eigenvalue weighted by Gasteiger charge is -2.34. The zero-order valence-electron chi connectivity index (χ0n) is 17.8. The molecule has 2 amide bonds. The zero-order valence-corrected chi connectivity index (χ0v) is 17.8. The average molecular weight is 383 g/mol. The lowest BCUT2D eigenvalue weighted by molar-refractivity contribution is -0.154. The number of nitrogens with zero attached hydrogens (tertiary/aromatic N) is 1. The Morgan fingerprint density at radius 2 is 1.85 bits per heavy atom. The first-order valence-electron chi connectivity index (χ1n) is 9.73. The number of fused-ring (bicyclic) bond motifs is 1. The number of hydrogen-bond donors (Lipinski definition) is 1. The second-order valence-corrected chi connectivity index (χ2v) is 9.42. The number of rotatable bonds is 5. The van der Waals surface area contributed by atoms with Crippen molar-refractivity contribution in [2.45, 2.75) is 72.6 Å². The number of nitrogens with one attached hydrogen (secondary N) is 1. The van der Waals surface area contributed by atoms with Gasteiger partial charge in [0.05, 0.1) is 7.11 Å². The predicted molar refractivity (Wildman–Crippen MR) is 101 cm³/mol. The van der Waals surface area contributed by atoms with Crippen LogP contribution in [0.2, 0.25) is 0 Å². The fraction of sp³-hybridized carbons (Fsp3) is 0.850. The molecule has 0 spiro atoms. The number of carbonyl (C=O) groups is 3. The molecule has 1 saturated heterocycles. The van der Waals surface area contributed by atoms with Gasteiger partial charge < -0.3 is 19.7 Å². The molecular weight excluding hydrogens is 348 g/mol. The van der Waals surface area contributed by atoms with E-state index in [4.69, 9.17) is 9.47 Å². The number of methoxy groups -OCH3 is 1. The van der Waals surface area contributed by atoms with Crippen molar-refractivity contribution in [3.63, 3.8) is 0 Å². The van der Waals surface area contributed by atoms with Crippen LogP contribution in [0, 0.1) is 23.2 Å². The van der Waals surface area contributed by atoms with Gasteiger partial charge in [0, 0.05) is 12.5 Å². The van der Waals surface area contributed by atoms with Gasteiger partial charge in [-0.3, -0.25) is 4.79 Å². The quantitative estimate of drug-likeness (QED) is 0.739. The Kier molecular flexibility index (Phi) is 5.83. The summed E-state index contributed by atoms with van der Waals surface area (Å²) in [7, 11) is 1.35. The van der Waals surface area contributed by atoms with Crippen molar-refractivity contribution in [3.8, 4) is 0 Å². The first-order chi connectivity index (χ1) is 12.3. The van der Waals surface area contributed by atoms with Crippen LogP contribution >= 0.6 is 0 Å². The van der Waals surface area contributed by atoms with E-state index >= 15 is 0 Å². The van der Waals surface area contributed by atoms with Crippen molar-refractivity contribution >= 4 is 18.0 Å². The summed E-state index contributed by atoms with van der Waals surface area (Å²) in [5, 5.41) is 2.72. The molecule has 0 radical (unpaired) electrons. The summed E-state index contributed by atoms with van der Waals surface area (Å²) >= 11 is 0.